The molecule has 6 heteroatoms. The predicted octanol–water partition coefficient (Wildman–Crippen LogP) is 1.99. The van der Waals surface area contributed by atoms with Crippen LogP contribution in [-0.4, -0.2) is 40.6 Å². The second-order valence-electron chi connectivity index (χ2n) is 6.30. The first kappa shape index (κ1) is 18.7. The summed E-state index contributed by atoms with van der Waals surface area (Å²) in [4.78, 5) is 25.7. The zero-order chi connectivity index (χ0) is 18.6. The maximum Gasteiger partial charge on any atom is 0.251 e. The molecule has 0 radical (unpaired) electrons. The molecule has 2 aromatic rings. The van der Waals surface area contributed by atoms with Crippen LogP contribution in [0.25, 0.3) is 0 Å². The molecular formula is C19H26N4O2. The van der Waals surface area contributed by atoms with Crippen molar-refractivity contribution in [2.75, 3.05) is 14.1 Å². The SMILES string of the molecule is CNC(=O)c1ccc(CN(C)C(=O)CCc2c(C)nn(C)c2C)cc1. The molecule has 0 fully saturated rings. The molecule has 134 valence electrons. The number of hydrogen-bond acceptors (Lipinski definition) is 3. The number of rotatable bonds is 6. The third-order valence-corrected chi connectivity index (χ3v) is 4.54. The number of carbonyl (C=O) groups excluding carboxylic acids is 2. The van der Waals surface area contributed by atoms with E-state index in [1.54, 1.807) is 31.1 Å². The summed E-state index contributed by atoms with van der Waals surface area (Å²) in [5.41, 5.74) is 4.86. The molecule has 0 aliphatic heterocycles. The second kappa shape index (κ2) is 7.96. The highest BCUT2D eigenvalue weighted by Crippen LogP contribution is 2.15. The van der Waals surface area contributed by atoms with Crippen LogP contribution in [0.4, 0.5) is 0 Å². The number of benzene rings is 1. The summed E-state index contributed by atoms with van der Waals surface area (Å²) in [6.07, 6.45) is 1.16. The minimum absolute atomic E-state index is 0.0954. The van der Waals surface area contributed by atoms with Crippen molar-refractivity contribution in [1.29, 1.82) is 0 Å². The lowest BCUT2D eigenvalue weighted by Gasteiger charge is -2.17. The van der Waals surface area contributed by atoms with Crippen molar-refractivity contribution in [2.24, 2.45) is 7.05 Å². The van der Waals surface area contributed by atoms with E-state index in [1.165, 1.54) is 0 Å². The Balaban J connectivity index is 1.92. The highest BCUT2D eigenvalue weighted by Gasteiger charge is 2.14. The van der Waals surface area contributed by atoms with Gasteiger partial charge in [0.2, 0.25) is 5.91 Å². The Bertz CT molecular complexity index is 762. The van der Waals surface area contributed by atoms with Gasteiger partial charge in [-0.05, 0) is 43.5 Å². The molecule has 0 bridgehead atoms. The summed E-state index contributed by atoms with van der Waals surface area (Å²) in [6, 6.07) is 7.30. The maximum atomic E-state index is 12.4. The average Bonchev–Trinajstić information content (AvgIpc) is 2.84. The molecule has 6 nitrogen and oxygen atoms in total. The molecule has 1 N–H and O–H groups in total. The average molecular weight is 342 g/mol. The number of hydrogen-bond donors (Lipinski definition) is 1. The van der Waals surface area contributed by atoms with Gasteiger partial charge < -0.3 is 10.2 Å². The van der Waals surface area contributed by atoms with Crippen LogP contribution in [0.15, 0.2) is 24.3 Å². The van der Waals surface area contributed by atoms with Gasteiger partial charge in [-0.2, -0.15) is 5.10 Å². The first-order valence-electron chi connectivity index (χ1n) is 8.37. The van der Waals surface area contributed by atoms with Gasteiger partial charge >= 0.3 is 0 Å². The molecule has 0 saturated carbocycles. The van der Waals surface area contributed by atoms with Crippen LogP contribution in [0.5, 0.6) is 0 Å². The Morgan fingerprint density at radius 3 is 2.36 bits per heavy atom. The van der Waals surface area contributed by atoms with E-state index in [-0.39, 0.29) is 11.8 Å². The Morgan fingerprint density at radius 2 is 1.84 bits per heavy atom. The topological polar surface area (TPSA) is 67.2 Å². The molecule has 0 aliphatic rings. The summed E-state index contributed by atoms with van der Waals surface area (Å²) < 4.78 is 1.85. The predicted molar refractivity (Wildman–Crippen MR) is 97.3 cm³/mol. The second-order valence-corrected chi connectivity index (χ2v) is 6.30. The van der Waals surface area contributed by atoms with Gasteiger partial charge in [0.15, 0.2) is 0 Å². The van der Waals surface area contributed by atoms with E-state index in [0.717, 1.165) is 22.5 Å². The van der Waals surface area contributed by atoms with Gasteiger partial charge in [-0.25, -0.2) is 0 Å². The fourth-order valence-corrected chi connectivity index (χ4v) is 2.87. The fourth-order valence-electron chi connectivity index (χ4n) is 2.87. The van der Waals surface area contributed by atoms with Gasteiger partial charge in [0.05, 0.1) is 5.69 Å². The molecule has 2 rings (SSSR count). The van der Waals surface area contributed by atoms with Crippen LogP contribution in [0, 0.1) is 13.8 Å². The molecule has 0 atom stereocenters. The lowest BCUT2D eigenvalue weighted by molar-refractivity contribution is -0.130. The highest BCUT2D eigenvalue weighted by molar-refractivity contribution is 5.93. The Morgan fingerprint density at radius 1 is 1.20 bits per heavy atom. The molecule has 25 heavy (non-hydrogen) atoms. The van der Waals surface area contributed by atoms with E-state index in [4.69, 9.17) is 0 Å². The Labute approximate surface area is 148 Å². The molecule has 0 saturated heterocycles. The molecule has 0 unspecified atom stereocenters. The van der Waals surface area contributed by atoms with Gasteiger partial charge in [0, 0.05) is 45.4 Å². The summed E-state index contributed by atoms with van der Waals surface area (Å²) in [5, 5.41) is 6.98. The number of nitrogens with zero attached hydrogens (tertiary/aromatic N) is 3. The Hall–Kier alpha value is -2.63. The van der Waals surface area contributed by atoms with Crippen LogP contribution in [-0.2, 0) is 24.8 Å². The summed E-state index contributed by atoms with van der Waals surface area (Å²) in [6.45, 7) is 4.53. The van der Waals surface area contributed by atoms with Crippen molar-refractivity contribution in [3.63, 3.8) is 0 Å². The van der Waals surface area contributed by atoms with Gasteiger partial charge in [0.1, 0.15) is 0 Å². The molecule has 1 heterocycles. The van der Waals surface area contributed by atoms with E-state index >= 15 is 0 Å². The van der Waals surface area contributed by atoms with E-state index in [1.807, 2.05) is 37.7 Å². The molecule has 2 amide bonds. The smallest absolute Gasteiger partial charge is 0.251 e. The number of aryl methyl sites for hydroxylation is 2. The van der Waals surface area contributed by atoms with Gasteiger partial charge in [0.25, 0.3) is 5.91 Å². The maximum absolute atomic E-state index is 12.4. The largest absolute Gasteiger partial charge is 0.355 e. The lowest BCUT2D eigenvalue weighted by atomic mass is 10.1. The summed E-state index contributed by atoms with van der Waals surface area (Å²) in [7, 11) is 5.33. The zero-order valence-electron chi connectivity index (χ0n) is 15.6. The lowest BCUT2D eigenvalue weighted by Crippen LogP contribution is -2.26. The van der Waals surface area contributed by atoms with E-state index in [9.17, 15) is 9.59 Å². The van der Waals surface area contributed by atoms with Gasteiger partial charge in [-0.3, -0.25) is 14.3 Å². The number of carbonyl (C=O) groups is 2. The van der Waals surface area contributed by atoms with E-state index in [0.29, 0.717) is 24.9 Å². The van der Waals surface area contributed by atoms with Crippen molar-refractivity contribution < 1.29 is 9.59 Å². The number of aromatic nitrogens is 2. The normalized spacial score (nSPS) is 10.6. The van der Waals surface area contributed by atoms with Gasteiger partial charge in [-0.1, -0.05) is 12.1 Å². The highest BCUT2D eigenvalue weighted by atomic mass is 16.2. The Kier molecular flexibility index (Phi) is 5.96. The standard InChI is InChI=1S/C19H26N4O2/c1-13-17(14(2)23(5)21-13)10-11-18(24)22(4)12-15-6-8-16(9-7-15)19(25)20-3/h6-9H,10-12H2,1-5H3,(H,20,25). The van der Waals surface area contributed by atoms with E-state index < -0.39 is 0 Å². The third-order valence-electron chi connectivity index (χ3n) is 4.54. The van der Waals surface area contributed by atoms with Crippen molar-refractivity contribution in [3.05, 3.63) is 52.3 Å². The summed E-state index contributed by atoms with van der Waals surface area (Å²) >= 11 is 0. The molecule has 1 aromatic heterocycles. The zero-order valence-corrected chi connectivity index (χ0v) is 15.6. The fraction of sp³-hybridized carbons (Fsp3) is 0.421. The first-order chi connectivity index (χ1) is 11.8. The van der Waals surface area contributed by atoms with Crippen LogP contribution >= 0.6 is 0 Å². The number of nitrogens with one attached hydrogen (secondary N) is 1. The molecule has 1 aromatic carbocycles. The van der Waals surface area contributed by atoms with E-state index in [2.05, 4.69) is 10.4 Å². The van der Waals surface area contributed by atoms with Crippen molar-refractivity contribution in [1.82, 2.24) is 20.0 Å². The minimum Gasteiger partial charge on any atom is -0.355 e. The van der Waals surface area contributed by atoms with Crippen LogP contribution in [0.3, 0.4) is 0 Å². The van der Waals surface area contributed by atoms with Crippen LogP contribution in [0.2, 0.25) is 0 Å². The van der Waals surface area contributed by atoms with Crippen LogP contribution in [0.1, 0.15) is 39.3 Å². The molecule has 0 spiro atoms. The van der Waals surface area contributed by atoms with Crippen molar-refractivity contribution in [2.45, 2.75) is 33.2 Å². The van der Waals surface area contributed by atoms with Crippen LogP contribution < -0.4 is 5.32 Å². The molecular weight excluding hydrogens is 316 g/mol. The minimum atomic E-state index is -0.113. The molecule has 0 aliphatic carbocycles. The third kappa shape index (κ3) is 4.47. The van der Waals surface area contributed by atoms with Crippen molar-refractivity contribution in [3.8, 4) is 0 Å². The van der Waals surface area contributed by atoms with Gasteiger partial charge in [-0.15, -0.1) is 0 Å². The van der Waals surface area contributed by atoms with Crippen molar-refractivity contribution >= 4 is 11.8 Å². The number of amides is 2. The summed E-state index contributed by atoms with van der Waals surface area (Å²) in [5.74, 6) is -0.0174. The monoisotopic (exact) mass is 342 g/mol. The first-order valence-corrected chi connectivity index (χ1v) is 8.37. The quantitative estimate of drug-likeness (QED) is 0.873.